The highest BCUT2D eigenvalue weighted by Crippen LogP contribution is 2.34. The fraction of sp³-hybridized carbons (Fsp3) is 0.357. The van der Waals surface area contributed by atoms with Crippen LogP contribution in [0, 0.1) is 25.5 Å². The van der Waals surface area contributed by atoms with E-state index in [-0.39, 0.29) is 12.1 Å². The van der Waals surface area contributed by atoms with Crippen molar-refractivity contribution < 1.29 is 27.9 Å². The Morgan fingerprint density at radius 2 is 1.69 bits per heavy atom. The van der Waals surface area contributed by atoms with Crippen molar-refractivity contribution in [2.75, 3.05) is 19.3 Å². The molecule has 1 atom stereocenters. The molecule has 194 valence electrons. The Kier molecular flexibility index (Phi) is 10.2. The first-order chi connectivity index (χ1) is 17.1. The minimum absolute atomic E-state index is 0.120. The minimum Gasteiger partial charge on any atom is -0.494 e. The first-order valence-corrected chi connectivity index (χ1v) is 13.9. The summed E-state index contributed by atoms with van der Waals surface area (Å²) in [6.07, 6.45) is 1.64. The molecule has 3 rings (SSSR count). The molecule has 1 unspecified atom stereocenters. The normalized spacial score (nSPS) is 12.5. The van der Waals surface area contributed by atoms with Crippen LogP contribution in [0.5, 0.6) is 5.75 Å². The molecule has 0 aromatic heterocycles. The van der Waals surface area contributed by atoms with Gasteiger partial charge in [-0.25, -0.2) is 8.78 Å². The fourth-order valence-corrected chi connectivity index (χ4v) is 4.66. The number of aryl methyl sites for hydroxylation is 2. The Morgan fingerprint density at radius 3 is 2.36 bits per heavy atom. The number of benzene rings is 3. The summed E-state index contributed by atoms with van der Waals surface area (Å²) in [5.74, 6) is -0.591. The summed E-state index contributed by atoms with van der Waals surface area (Å²) >= 11 is 0. The highest BCUT2D eigenvalue weighted by Gasteiger charge is 2.19. The van der Waals surface area contributed by atoms with Gasteiger partial charge in [-0.1, -0.05) is 36.4 Å². The zero-order valence-electron chi connectivity index (χ0n) is 20.7. The number of ether oxygens (including phenoxy) is 1. The zero-order chi connectivity index (χ0) is 26.1. The molecule has 3 N–H and O–H groups in total. The SMILES string of the molecule is Cc1ccc(C(CCCOc2ccc(CNCCCP(=O)(O)O)cc2)c2ccc(F)cc2F)cc1C. The van der Waals surface area contributed by atoms with Crippen LogP contribution in [0.3, 0.4) is 0 Å². The van der Waals surface area contributed by atoms with Gasteiger partial charge < -0.3 is 19.8 Å². The molecule has 0 spiro atoms. The van der Waals surface area contributed by atoms with E-state index in [0.29, 0.717) is 44.5 Å². The van der Waals surface area contributed by atoms with Gasteiger partial charge in [-0.05, 0) is 85.7 Å². The minimum atomic E-state index is -3.94. The van der Waals surface area contributed by atoms with Crippen LogP contribution in [0.4, 0.5) is 8.78 Å². The monoisotopic (exact) mass is 517 g/mol. The first kappa shape index (κ1) is 28.0. The molecule has 0 saturated carbocycles. The van der Waals surface area contributed by atoms with Crippen molar-refractivity contribution in [3.8, 4) is 5.75 Å². The van der Waals surface area contributed by atoms with Gasteiger partial charge in [0.15, 0.2) is 0 Å². The van der Waals surface area contributed by atoms with Gasteiger partial charge >= 0.3 is 7.60 Å². The van der Waals surface area contributed by atoms with Crippen LogP contribution in [0.25, 0.3) is 0 Å². The van der Waals surface area contributed by atoms with Crippen molar-refractivity contribution in [2.24, 2.45) is 0 Å². The van der Waals surface area contributed by atoms with Gasteiger partial charge in [-0.15, -0.1) is 0 Å². The summed E-state index contributed by atoms with van der Waals surface area (Å²) in [6.45, 7) is 5.65. The summed E-state index contributed by atoms with van der Waals surface area (Å²) < 4.78 is 44.9. The lowest BCUT2D eigenvalue weighted by Crippen LogP contribution is -2.15. The summed E-state index contributed by atoms with van der Waals surface area (Å²) in [6, 6.07) is 17.5. The van der Waals surface area contributed by atoms with E-state index in [1.54, 1.807) is 0 Å². The summed E-state index contributed by atoms with van der Waals surface area (Å²) in [4.78, 5) is 17.8. The standard InChI is InChI=1S/C28H34F2NO4P/c1-20-6-9-23(17-21(20)2)26(27-13-10-24(29)18-28(27)30)5-3-15-35-25-11-7-22(8-12-25)19-31-14-4-16-36(32,33)34/h6-13,17-18,26,31H,3-5,14-16,19H2,1-2H3,(H2,32,33,34). The maximum Gasteiger partial charge on any atom is 0.325 e. The third kappa shape index (κ3) is 8.82. The number of hydrogen-bond acceptors (Lipinski definition) is 3. The Morgan fingerprint density at radius 1 is 0.944 bits per heavy atom. The molecule has 36 heavy (non-hydrogen) atoms. The van der Waals surface area contributed by atoms with Gasteiger partial charge in [0.25, 0.3) is 0 Å². The predicted octanol–water partition coefficient (Wildman–Crippen LogP) is 6.23. The van der Waals surface area contributed by atoms with Crippen molar-refractivity contribution in [1.82, 2.24) is 5.32 Å². The third-order valence-corrected chi connectivity index (χ3v) is 7.13. The molecule has 0 bridgehead atoms. The smallest absolute Gasteiger partial charge is 0.325 e. The molecule has 3 aromatic rings. The molecular formula is C28H34F2NO4P. The van der Waals surface area contributed by atoms with Crippen molar-refractivity contribution in [3.63, 3.8) is 0 Å². The van der Waals surface area contributed by atoms with E-state index in [4.69, 9.17) is 14.5 Å². The predicted molar refractivity (Wildman–Crippen MR) is 139 cm³/mol. The topological polar surface area (TPSA) is 78.8 Å². The van der Waals surface area contributed by atoms with Gasteiger partial charge in [0.1, 0.15) is 17.4 Å². The molecule has 0 amide bonds. The maximum absolute atomic E-state index is 14.7. The largest absolute Gasteiger partial charge is 0.494 e. The van der Waals surface area contributed by atoms with Crippen LogP contribution in [-0.4, -0.2) is 29.1 Å². The van der Waals surface area contributed by atoms with E-state index in [2.05, 4.69) is 11.4 Å². The van der Waals surface area contributed by atoms with Gasteiger partial charge in [0.2, 0.25) is 0 Å². The van der Waals surface area contributed by atoms with E-state index in [9.17, 15) is 13.3 Å². The molecular weight excluding hydrogens is 483 g/mol. The third-order valence-electron chi connectivity index (χ3n) is 6.23. The van der Waals surface area contributed by atoms with Gasteiger partial charge in [-0.3, -0.25) is 4.57 Å². The number of halogens is 2. The highest BCUT2D eigenvalue weighted by atomic mass is 31.2. The summed E-state index contributed by atoms with van der Waals surface area (Å²) in [5, 5.41) is 3.17. The molecule has 0 aliphatic rings. The average Bonchev–Trinajstić information content (AvgIpc) is 2.82. The maximum atomic E-state index is 14.7. The molecule has 0 aliphatic heterocycles. The molecule has 3 aromatic carbocycles. The van der Waals surface area contributed by atoms with Crippen molar-refractivity contribution in [2.45, 2.75) is 45.6 Å². The second-order valence-corrected chi connectivity index (χ2v) is 10.9. The van der Waals surface area contributed by atoms with E-state index in [0.717, 1.165) is 28.5 Å². The van der Waals surface area contributed by atoms with Gasteiger partial charge in [0.05, 0.1) is 12.8 Å². The zero-order valence-corrected chi connectivity index (χ0v) is 21.6. The van der Waals surface area contributed by atoms with Crippen molar-refractivity contribution in [1.29, 1.82) is 0 Å². The fourth-order valence-electron chi connectivity index (χ4n) is 4.09. The summed E-state index contributed by atoms with van der Waals surface area (Å²) in [7, 11) is -3.94. The highest BCUT2D eigenvalue weighted by molar-refractivity contribution is 7.51. The van der Waals surface area contributed by atoms with E-state index in [1.165, 1.54) is 17.7 Å². The van der Waals surface area contributed by atoms with E-state index < -0.39 is 19.2 Å². The molecule has 0 aliphatic carbocycles. The van der Waals surface area contributed by atoms with Crippen molar-refractivity contribution >= 4 is 7.60 Å². The molecule has 0 fully saturated rings. The first-order valence-electron chi connectivity index (χ1n) is 12.1. The molecule has 0 saturated heterocycles. The van der Waals surface area contributed by atoms with Crippen LogP contribution in [-0.2, 0) is 11.1 Å². The van der Waals surface area contributed by atoms with Crippen LogP contribution in [0.2, 0.25) is 0 Å². The van der Waals surface area contributed by atoms with Crippen molar-refractivity contribution in [3.05, 3.63) is 100 Å². The second-order valence-electron chi connectivity index (χ2n) is 9.12. The Hall–Kier alpha value is -2.57. The quantitative estimate of drug-likeness (QED) is 0.185. The van der Waals surface area contributed by atoms with Crippen LogP contribution in [0.1, 0.15) is 53.0 Å². The lowest BCUT2D eigenvalue weighted by Gasteiger charge is -2.20. The molecule has 0 radical (unpaired) electrons. The lowest BCUT2D eigenvalue weighted by molar-refractivity contribution is 0.303. The Balaban J connectivity index is 1.53. The van der Waals surface area contributed by atoms with Crippen LogP contribution >= 0.6 is 7.60 Å². The molecule has 5 nitrogen and oxygen atoms in total. The average molecular weight is 518 g/mol. The van der Waals surface area contributed by atoms with E-state index >= 15 is 0 Å². The summed E-state index contributed by atoms with van der Waals surface area (Å²) in [5.41, 5.74) is 4.83. The lowest BCUT2D eigenvalue weighted by atomic mass is 9.86. The van der Waals surface area contributed by atoms with Crippen LogP contribution in [0.15, 0.2) is 60.7 Å². The van der Waals surface area contributed by atoms with Gasteiger partial charge in [-0.2, -0.15) is 0 Å². The van der Waals surface area contributed by atoms with Crippen LogP contribution < -0.4 is 10.1 Å². The number of nitrogens with one attached hydrogen (secondary N) is 1. The Labute approximate surface area is 211 Å². The second kappa shape index (κ2) is 13.1. The number of hydrogen-bond donors (Lipinski definition) is 3. The number of rotatable bonds is 13. The van der Waals surface area contributed by atoms with Gasteiger partial charge in [0, 0.05) is 18.5 Å². The Bertz CT molecular complexity index is 1180. The molecule has 8 heteroatoms. The molecule has 0 heterocycles. The van der Waals surface area contributed by atoms with E-state index in [1.807, 2.05) is 50.2 Å².